The first-order chi connectivity index (χ1) is 8.45. The first-order valence-corrected chi connectivity index (χ1v) is 6.50. The maximum absolute atomic E-state index is 11.8. The van der Waals surface area contributed by atoms with Gasteiger partial charge >= 0.3 is 5.97 Å². The molecule has 0 saturated heterocycles. The summed E-state index contributed by atoms with van der Waals surface area (Å²) in [4.78, 5) is 22.9. The van der Waals surface area contributed by atoms with E-state index in [0.29, 0.717) is 11.1 Å². The topological polar surface area (TPSA) is 75.6 Å². The predicted molar refractivity (Wildman–Crippen MR) is 75.0 cm³/mol. The monoisotopic (exact) mass is 363 g/mol. The van der Waals surface area contributed by atoms with Crippen LogP contribution in [-0.2, 0) is 9.53 Å². The van der Waals surface area contributed by atoms with Crippen molar-refractivity contribution < 1.29 is 19.4 Å². The quantitative estimate of drug-likeness (QED) is 0.482. The van der Waals surface area contributed by atoms with Crippen molar-refractivity contribution in [1.82, 2.24) is 5.32 Å². The van der Waals surface area contributed by atoms with Crippen molar-refractivity contribution in [3.8, 4) is 5.75 Å². The van der Waals surface area contributed by atoms with Gasteiger partial charge in [-0.2, -0.15) is 0 Å². The fraction of sp³-hybridized carbons (Fsp3) is 0.333. The Morgan fingerprint density at radius 2 is 2.17 bits per heavy atom. The zero-order valence-corrected chi connectivity index (χ0v) is 12.2. The van der Waals surface area contributed by atoms with E-state index in [4.69, 9.17) is 0 Å². The summed E-state index contributed by atoms with van der Waals surface area (Å²) < 4.78 is 4.13. The Morgan fingerprint density at radius 3 is 2.72 bits per heavy atom. The van der Waals surface area contributed by atoms with Gasteiger partial charge in [0.2, 0.25) is 0 Å². The molecule has 0 bridgehead atoms. The number of alkyl halides is 1. The summed E-state index contributed by atoms with van der Waals surface area (Å²) in [6, 6.07) is 4.58. The number of carbonyl (C=O) groups excluding carboxylic acids is 2. The van der Waals surface area contributed by atoms with Crippen molar-refractivity contribution in [2.24, 2.45) is 0 Å². The highest BCUT2D eigenvalue weighted by atomic mass is 127. The van der Waals surface area contributed by atoms with E-state index in [2.05, 4.69) is 10.1 Å². The normalized spacial score (nSPS) is 11.7. The average molecular weight is 363 g/mol. The Balaban J connectivity index is 2.60. The van der Waals surface area contributed by atoms with E-state index >= 15 is 0 Å². The number of amides is 1. The van der Waals surface area contributed by atoms with Crippen LogP contribution in [0.25, 0.3) is 0 Å². The first kappa shape index (κ1) is 14.7. The number of aromatic hydroxyl groups is 1. The second-order valence-electron chi connectivity index (χ2n) is 3.70. The highest BCUT2D eigenvalue weighted by molar-refractivity contribution is 14.1. The van der Waals surface area contributed by atoms with E-state index in [-0.39, 0.29) is 24.2 Å². The van der Waals surface area contributed by atoms with Crippen molar-refractivity contribution in [1.29, 1.82) is 0 Å². The molecule has 2 N–H and O–H groups in total. The molecule has 1 unspecified atom stereocenters. The molecule has 1 aromatic carbocycles. The number of rotatable bonds is 4. The van der Waals surface area contributed by atoms with Gasteiger partial charge in [0.05, 0.1) is 7.11 Å². The van der Waals surface area contributed by atoms with Gasteiger partial charge in [-0.1, -0.05) is 22.6 Å². The van der Waals surface area contributed by atoms with Crippen molar-refractivity contribution in [3.05, 3.63) is 29.3 Å². The minimum absolute atomic E-state index is 0.146. The smallest absolute Gasteiger partial charge is 0.320 e. The lowest BCUT2D eigenvalue weighted by atomic mass is 10.1. The van der Waals surface area contributed by atoms with Gasteiger partial charge in [0.15, 0.2) is 0 Å². The molecule has 0 saturated carbocycles. The third kappa shape index (κ3) is 3.86. The minimum Gasteiger partial charge on any atom is -0.508 e. The number of aryl methyl sites for hydroxylation is 1. The second-order valence-corrected chi connectivity index (χ2v) is 5.21. The van der Waals surface area contributed by atoms with Crippen molar-refractivity contribution >= 4 is 34.5 Å². The largest absolute Gasteiger partial charge is 0.508 e. The molecule has 1 aromatic rings. The number of carbonyl (C=O) groups is 2. The molecule has 0 aromatic heterocycles. The molecular weight excluding hydrogens is 349 g/mol. The summed E-state index contributed by atoms with van der Waals surface area (Å²) >= 11 is 1.90. The number of esters is 1. The maximum atomic E-state index is 11.8. The van der Waals surface area contributed by atoms with Crippen LogP contribution in [-0.4, -0.2) is 34.6 Å². The average Bonchev–Trinajstić information content (AvgIpc) is 2.37. The molecule has 6 heteroatoms. The third-order valence-electron chi connectivity index (χ3n) is 2.36. The maximum Gasteiger partial charge on any atom is 0.320 e. The summed E-state index contributed by atoms with van der Waals surface area (Å²) in [6.07, 6.45) is 0. The van der Waals surface area contributed by atoms with Crippen LogP contribution < -0.4 is 5.32 Å². The number of phenolic OH excluding ortho intramolecular Hbond substituents is 1. The molecular formula is C12H14INO4. The number of hydrogen-bond acceptors (Lipinski definition) is 4. The van der Waals surface area contributed by atoms with Gasteiger partial charge in [-0.3, -0.25) is 9.59 Å². The van der Waals surface area contributed by atoms with E-state index in [0.717, 1.165) is 0 Å². The van der Waals surface area contributed by atoms with Crippen LogP contribution in [0.2, 0.25) is 0 Å². The molecule has 0 aliphatic carbocycles. The van der Waals surface area contributed by atoms with Crippen molar-refractivity contribution in [3.63, 3.8) is 0 Å². The lowest BCUT2D eigenvalue weighted by Crippen LogP contribution is -2.33. The number of benzene rings is 1. The fourth-order valence-electron chi connectivity index (χ4n) is 1.29. The highest BCUT2D eigenvalue weighted by Gasteiger charge is 2.16. The van der Waals surface area contributed by atoms with Gasteiger partial charge < -0.3 is 15.2 Å². The molecule has 0 spiro atoms. The second kappa shape index (κ2) is 6.58. The van der Waals surface area contributed by atoms with Crippen LogP contribution in [0.4, 0.5) is 0 Å². The van der Waals surface area contributed by atoms with Gasteiger partial charge in [-0.25, -0.2) is 0 Å². The van der Waals surface area contributed by atoms with Gasteiger partial charge in [0, 0.05) is 12.1 Å². The van der Waals surface area contributed by atoms with E-state index in [1.165, 1.54) is 19.2 Å². The van der Waals surface area contributed by atoms with E-state index < -0.39 is 3.92 Å². The van der Waals surface area contributed by atoms with Crippen molar-refractivity contribution in [2.45, 2.75) is 10.8 Å². The molecule has 0 aliphatic heterocycles. The number of ether oxygens (including phenoxy) is 1. The zero-order valence-electron chi connectivity index (χ0n) is 10.1. The Kier molecular flexibility index (Phi) is 5.39. The Morgan fingerprint density at radius 1 is 1.50 bits per heavy atom. The predicted octanol–water partition coefficient (Wildman–Crippen LogP) is 1.41. The molecule has 1 rings (SSSR count). The zero-order chi connectivity index (χ0) is 13.7. The van der Waals surface area contributed by atoms with Gasteiger partial charge in [-0.05, 0) is 30.7 Å². The Labute approximate surface area is 119 Å². The lowest BCUT2D eigenvalue weighted by Gasteiger charge is -2.10. The molecule has 1 amide bonds. The molecule has 0 aliphatic rings. The number of hydrogen-bond donors (Lipinski definition) is 2. The molecule has 98 valence electrons. The minimum atomic E-state index is -0.422. The Hall–Kier alpha value is -1.31. The van der Waals surface area contributed by atoms with Crippen LogP contribution >= 0.6 is 22.6 Å². The van der Waals surface area contributed by atoms with Crippen LogP contribution in [0.5, 0.6) is 5.75 Å². The molecule has 5 nitrogen and oxygen atoms in total. The van der Waals surface area contributed by atoms with E-state index in [9.17, 15) is 14.7 Å². The van der Waals surface area contributed by atoms with Crippen LogP contribution in [0.1, 0.15) is 15.9 Å². The Bertz CT molecular complexity index is 461. The van der Waals surface area contributed by atoms with E-state index in [1.54, 1.807) is 13.0 Å². The molecule has 0 heterocycles. The summed E-state index contributed by atoms with van der Waals surface area (Å²) in [6.45, 7) is 1.91. The number of methoxy groups -OCH3 is 1. The lowest BCUT2D eigenvalue weighted by molar-refractivity contribution is -0.139. The molecule has 0 radical (unpaired) electrons. The van der Waals surface area contributed by atoms with Gasteiger partial charge in [0.1, 0.15) is 9.67 Å². The molecule has 0 fully saturated rings. The SMILES string of the molecule is COC(=O)C(I)CNC(=O)c1ccc(O)c(C)c1. The summed E-state index contributed by atoms with van der Waals surface area (Å²) in [7, 11) is 1.30. The van der Waals surface area contributed by atoms with Gasteiger partial charge in [-0.15, -0.1) is 0 Å². The first-order valence-electron chi connectivity index (χ1n) is 5.25. The molecule has 18 heavy (non-hydrogen) atoms. The van der Waals surface area contributed by atoms with Crippen LogP contribution in [0, 0.1) is 6.92 Å². The molecule has 1 atom stereocenters. The standard InChI is InChI=1S/C12H14INO4/c1-7-5-8(3-4-10(7)15)11(16)14-6-9(13)12(17)18-2/h3-5,9,15H,6H2,1-2H3,(H,14,16). The van der Waals surface area contributed by atoms with Crippen LogP contribution in [0.15, 0.2) is 18.2 Å². The number of nitrogens with one attached hydrogen (secondary N) is 1. The van der Waals surface area contributed by atoms with Gasteiger partial charge in [0.25, 0.3) is 5.91 Å². The number of phenols is 1. The fourth-order valence-corrected chi connectivity index (χ4v) is 1.77. The summed E-state index contributed by atoms with van der Waals surface area (Å²) in [5.74, 6) is -0.519. The summed E-state index contributed by atoms with van der Waals surface area (Å²) in [5.41, 5.74) is 1.07. The third-order valence-corrected chi connectivity index (χ3v) is 3.31. The van der Waals surface area contributed by atoms with E-state index in [1.807, 2.05) is 22.6 Å². The van der Waals surface area contributed by atoms with Crippen molar-refractivity contribution in [2.75, 3.05) is 13.7 Å². The summed E-state index contributed by atoms with van der Waals surface area (Å²) in [5, 5.41) is 12.0. The number of halogens is 1. The highest BCUT2D eigenvalue weighted by Crippen LogP contribution is 2.16. The van der Waals surface area contributed by atoms with Crippen LogP contribution in [0.3, 0.4) is 0 Å².